The standard InChI is InChI=1S/C28H27FN2O4/c1-19(32)30-27(33)17-8-20-6-13-24(14-7-20)35-25-15-9-22(10-16-25)26(28(34)31(2)3)18-21-4-11-23(29)12-5-21/h4-7,9-16,18H,8,17H2,1-3H3,(H,30,32,33)/b26-18+. The molecule has 0 aliphatic rings. The van der Waals surface area contributed by atoms with Gasteiger partial charge in [-0.2, -0.15) is 0 Å². The number of amides is 3. The van der Waals surface area contributed by atoms with Crippen LogP contribution in [0.25, 0.3) is 11.6 Å². The van der Waals surface area contributed by atoms with E-state index >= 15 is 0 Å². The topological polar surface area (TPSA) is 75.7 Å². The minimum absolute atomic E-state index is 0.171. The van der Waals surface area contributed by atoms with Crippen molar-refractivity contribution in [2.45, 2.75) is 19.8 Å². The summed E-state index contributed by atoms with van der Waals surface area (Å²) in [6.07, 6.45) is 2.46. The van der Waals surface area contributed by atoms with Crippen molar-refractivity contribution in [2.24, 2.45) is 0 Å². The van der Waals surface area contributed by atoms with Crippen LogP contribution in [0.4, 0.5) is 4.39 Å². The zero-order chi connectivity index (χ0) is 25.4. The fraction of sp³-hybridized carbons (Fsp3) is 0.179. The van der Waals surface area contributed by atoms with E-state index in [0.717, 1.165) is 11.1 Å². The molecule has 0 heterocycles. The minimum Gasteiger partial charge on any atom is -0.457 e. The molecule has 35 heavy (non-hydrogen) atoms. The summed E-state index contributed by atoms with van der Waals surface area (Å²) >= 11 is 0. The van der Waals surface area contributed by atoms with Crippen molar-refractivity contribution in [3.8, 4) is 11.5 Å². The number of rotatable bonds is 8. The molecule has 3 aromatic rings. The van der Waals surface area contributed by atoms with Gasteiger partial charge in [0.15, 0.2) is 0 Å². The van der Waals surface area contributed by atoms with Crippen LogP contribution in [0.5, 0.6) is 11.5 Å². The Labute approximate surface area is 204 Å². The predicted octanol–water partition coefficient (Wildman–Crippen LogP) is 4.84. The Hall–Kier alpha value is -4.26. The van der Waals surface area contributed by atoms with E-state index in [1.165, 1.54) is 24.0 Å². The Bertz CT molecular complexity index is 1220. The molecule has 0 aliphatic carbocycles. The summed E-state index contributed by atoms with van der Waals surface area (Å²) in [5.74, 6) is 0.0422. The van der Waals surface area contributed by atoms with E-state index in [9.17, 15) is 18.8 Å². The number of imide groups is 1. The van der Waals surface area contributed by atoms with Crippen molar-refractivity contribution < 1.29 is 23.5 Å². The first kappa shape index (κ1) is 25.4. The van der Waals surface area contributed by atoms with Crippen LogP contribution in [-0.4, -0.2) is 36.7 Å². The van der Waals surface area contributed by atoms with Gasteiger partial charge in [-0.1, -0.05) is 36.4 Å². The number of hydrogen-bond donors (Lipinski definition) is 1. The summed E-state index contributed by atoms with van der Waals surface area (Å²) in [7, 11) is 3.36. The lowest BCUT2D eigenvalue weighted by Gasteiger charge is -2.15. The van der Waals surface area contributed by atoms with Crippen LogP contribution in [0.1, 0.15) is 30.0 Å². The molecule has 0 atom stereocenters. The highest BCUT2D eigenvalue weighted by molar-refractivity contribution is 6.24. The lowest BCUT2D eigenvalue weighted by Crippen LogP contribution is -2.27. The second-order valence-electron chi connectivity index (χ2n) is 8.18. The molecule has 3 aromatic carbocycles. The molecule has 0 unspecified atom stereocenters. The van der Waals surface area contributed by atoms with Gasteiger partial charge in [0.2, 0.25) is 11.8 Å². The first-order chi connectivity index (χ1) is 16.7. The predicted molar refractivity (Wildman–Crippen MR) is 133 cm³/mol. The summed E-state index contributed by atoms with van der Waals surface area (Å²) in [5, 5.41) is 2.25. The maximum Gasteiger partial charge on any atom is 0.253 e. The minimum atomic E-state index is -0.367. The van der Waals surface area contributed by atoms with Gasteiger partial charge in [0, 0.05) is 33.0 Å². The summed E-state index contributed by atoms with van der Waals surface area (Å²) in [5.41, 5.74) is 2.85. The molecule has 0 spiro atoms. The first-order valence-corrected chi connectivity index (χ1v) is 11.1. The zero-order valence-corrected chi connectivity index (χ0v) is 19.9. The molecule has 0 bridgehead atoms. The van der Waals surface area contributed by atoms with Gasteiger partial charge in [-0.15, -0.1) is 0 Å². The van der Waals surface area contributed by atoms with E-state index in [1.807, 2.05) is 24.3 Å². The van der Waals surface area contributed by atoms with Crippen LogP contribution >= 0.6 is 0 Å². The van der Waals surface area contributed by atoms with Gasteiger partial charge in [-0.3, -0.25) is 19.7 Å². The quantitative estimate of drug-likeness (QED) is 0.374. The number of hydrogen-bond acceptors (Lipinski definition) is 4. The van der Waals surface area contributed by atoms with Crippen molar-refractivity contribution in [3.05, 3.63) is 95.3 Å². The van der Waals surface area contributed by atoms with Crippen LogP contribution in [0.15, 0.2) is 72.8 Å². The molecule has 0 fully saturated rings. The van der Waals surface area contributed by atoms with Gasteiger partial charge in [-0.25, -0.2) is 4.39 Å². The van der Waals surface area contributed by atoms with Crippen LogP contribution in [0.3, 0.4) is 0 Å². The summed E-state index contributed by atoms with van der Waals surface area (Å²) in [6, 6.07) is 20.4. The SMILES string of the molecule is CC(=O)NC(=O)CCc1ccc(Oc2ccc(/C(=C\c3ccc(F)cc3)C(=O)N(C)C)cc2)cc1. The van der Waals surface area contributed by atoms with Crippen LogP contribution in [-0.2, 0) is 20.8 Å². The van der Waals surface area contributed by atoms with E-state index in [0.29, 0.717) is 29.1 Å². The molecular weight excluding hydrogens is 447 g/mol. The Morgan fingerprint density at radius 2 is 1.46 bits per heavy atom. The maximum absolute atomic E-state index is 13.3. The number of nitrogens with zero attached hydrogens (tertiary/aromatic N) is 1. The van der Waals surface area contributed by atoms with E-state index in [2.05, 4.69) is 5.32 Å². The van der Waals surface area contributed by atoms with Gasteiger partial charge in [0.05, 0.1) is 0 Å². The molecule has 180 valence electrons. The highest BCUT2D eigenvalue weighted by Crippen LogP contribution is 2.26. The highest BCUT2D eigenvalue weighted by Gasteiger charge is 2.15. The molecular formula is C28H27FN2O4. The Morgan fingerprint density at radius 1 is 0.886 bits per heavy atom. The lowest BCUT2D eigenvalue weighted by atomic mass is 10.0. The van der Waals surface area contributed by atoms with E-state index in [4.69, 9.17) is 4.74 Å². The Morgan fingerprint density at radius 3 is 2.00 bits per heavy atom. The average Bonchev–Trinajstić information content (AvgIpc) is 2.83. The fourth-order valence-electron chi connectivity index (χ4n) is 3.31. The van der Waals surface area contributed by atoms with Crippen LogP contribution in [0, 0.1) is 5.82 Å². The number of ether oxygens (including phenoxy) is 1. The van der Waals surface area contributed by atoms with E-state index < -0.39 is 0 Å². The molecule has 0 saturated carbocycles. The first-order valence-electron chi connectivity index (χ1n) is 11.1. The number of aryl methyl sites for hydroxylation is 1. The summed E-state index contributed by atoms with van der Waals surface area (Å²) in [4.78, 5) is 36.8. The number of carbonyl (C=O) groups excluding carboxylic acids is 3. The van der Waals surface area contributed by atoms with Crippen molar-refractivity contribution in [1.29, 1.82) is 0 Å². The monoisotopic (exact) mass is 474 g/mol. The van der Waals surface area contributed by atoms with Gasteiger partial charge < -0.3 is 9.64 Å². The van der Waals surface area contributed by atoms with E-state index in [-0.39, 0.29) is 30.0 Å². The fourth-order valence-corrected chi connectivity index (χ4v) is 3.31. The summed E-state index contributed by atoms with van der Waals surface area (Å²) in [6.45, 7) is 1.30. The molecule has 1 N–H and O–H groups in total. The number of halogens is 1. The second kappa shape index (κ2) is 11.7. The maximum atomic E-state index is 13.3. The van der Waals surface area contributed by atoms with Gasteiger partial charge in [0.1, 0.15) is 17.3 Å². The smallest absolute Gasteiger partial charge is 0.253 e. The molecule has 7 heteroatoms. The molecule has 0 saturated heterocycles. The van der Waals surface area contributed by atoms with E-state index in [1.54, 1.807) is 56.6 Å². The molecule has 0 aromatic heterocycles. The zero-order valence-electron chi connectivity index (χ0n) is 19.9. The molecule has 3 amide bonds. The van der Waals surface area contributed by atoms with Crippen molar-refractivity contribution in [3.63, 3.8) is 0 Å². The molecule has 3 rings (SSSR count). The Kier molecular flexibility index (Phi) is 8.51. The second-order valence-corrected chi connectivity index (χ2v) is 8.18. The van der Waals surface area contributed by atoms with Crippen molar-refractivity contribution >= 4 is 29.4 Å². The van der Waals surface area contributed by atoms with Crippen molar-refractivity contribution in [1.82, 2.24) is 10.2 Å². The van der Waals surface area contributed by atoms with Gasteiger partial charge in [0.25, 0.3) is 5.91 Å². The number of carbonyl (C=O) groups is 3. The molecule has 6 nitrogen and oxygen atoms in total. The van der Waals surface area contributed by atoms with Crippen LogP contribution in [0.2, 0.25) is 0 Å². The third-order valence-corrected chi connectivity index (χ3v) is 5.10. The molecule has 0 aliphatic heterocycles. The third kappa shape index (κ3) is 7.64. The largest absolute Gasteiger partial charge is 0.457 e. The Balaban J connectivity index is 1.70. The number of benzene rings is 3. The normalized spacial score (nSPS) is 11.0. The number of nitrogens with one attached hydrogen (secondary N) is 1. The average molecular weight is 475 g/mol. The number of likely N-dealkylation sites (N-methyl/N-ethyl adjacent to an activating group) is 1. The van der Waals surface area contributed by atoms with Gasteiger partial charge >= 0.3 is 0 Å². The molecule has 0 radical (unpaired) electrons. The lowest BCUT2D eigenvalue weighted by molar-refractivity contribution is -0.129. The van der Waals surface area contributed by atoms with Gasteiger partial charge in [-0.05, 0) is 65.6 Å². The summed E-state index contributed by atoms with van der Waals surface area (Å²) < 4.78 is 19.2. The van der Waals surface area contributed by atoms with Crippen LogP contribution < -0.4 is 10.1 Å². The third-order valence-electron chi connectivity index (χ3n) is 5.10. The highest BCUT2D eigenvalue weighted by atomic mass is 19.1. The van der Waals surface area contributed by atoms with Crippen molar-refractivity contribution in [2.75, 3.05) is 14.1 Å².